The molecule has 0 aromatic carbocycles. The molecule has 0 bridgehead atoms. The van der Waals surface area contributed by atoms with Crippen LogP contribution in [0.4, 0.5) is 5.82 Å². The maximum atomic E-state index is 5.87. The average molecular weight is 226 g/mol. The zero-order valence-corrected chi connectivity index (χ0v) is 10.0. The third kappa shape index (κ3) is 2.23. The summed E-state index contributed by atoms with van der Waals surface area (Å²) in [6.07, 6.45) is 1.21. The van der Waals surface area contributed by atoms with E-state index in [9.17, 15) is 0 Å². The van der Waals surface area contributed by atoms with Crippen LogP contribution in [0.15, 0.2) is 6.07 Å². The van der Waals surface area contributed by atoms with Crippen molar-refractivity contribution in [2.45, 2.75) is 33.2 Å². The van der Waals surface area contributed by atoms with Gasteiger partial charge >= 0.3 is 0 Å². The molecule has 3 unspecified atom stereocenters. The summed E-state index contributed by atoms with van der Waals surface area (Å²) in [5.74, 6) is 3.07. The van der Waals surface area contributed by atoms with Gasteiger partial charge < -0.3 is 5.32 Å². The lowest BCUT2D eigenvalue weighted by Crippen LogP contribution is -2.43. The molecule has 0 spiro atoms. The third-order valence-corrected chi connectivity index (χ3v) is 3.49. The van der Waals surface area contributed by atoms with Gasteiger partial charge in [-0.15, -0.1) is 0 Å². The average Bonchev–Trinajstić information content (AvgIpc) is 2.15. The van der Waals surface area contributed by atoms with E-state index in [1.165, 1.54) is 6.42 Å². The van der Waals surface area contributed by atoms with E-state index in [-0.39, 0.29) is 0 Å². The Labute approximate surface area is 95.3 Å². The topological polar surface area (TPSA) is 37.8 Å². The quantitative estimate of drug-likeness (QED) is 0.787. The van der Waals surface area contributed by atoms with Crippen molar-refractivity contribution in [3.05, 3.63) is 17.0 Å². The number of rotatable bonds is 2. The van der Waals surface area contributed by atoms with Gasteiger partial charge in [-0.2, -0.15) is 0 Å². The normalized spacial score (nSPS) is 29.7. The highest BCUT2D eigenvalue weighted by Crippen LogP contribution is 2.35. The number of aromatic nitrogens is 2. The van der Waals surface area contributed by atoms with Crippen LogP contribution in [0.1, 0.15) is 26.1 Å². The molecule has 1 heterocycles. The first kappa shape index (κ1) is 10.7. The summed E-state index contributed by atoms with van der Waals surface area (Å²) < 4.78 is 0. The summed E-state index contributed by atoms with van der Waals surface area (Å²) >= 11 is 5.87. The van der Waals surface area contributed by atoms with Crippen molar-refractivity contribution in [2.24, 2.45) is 11.8 Å². The molecule has 1 fully saturated rings. The maximum Gasteiger partial charge on any atom is 0.134 e. The van der Waals surface area contributed by atoms with Gasteiger partial charge in [0.25, 0.3) is 0 Å². The van der Waals surface area contributed by atoms with Crippen LogP contribution in [-0.2, 0) is 0 Å². The van der Waals surface area contributed by atoms with Gasteiger partial charge in [0.1, 0.15) is 16.8 Å². The SMILES string of the molecule is Cc1nc(Cl)cc(NC2CC(C)C2C)n1. The van der Waals surface area contributed by atoms with Crippen LogP contribution in [0.25, 0.3) is 0 Å². The van der Waals surface area contributed by atoms with Gasteiger partial charge in [-0.05, 0) is 25.2 Å². The molecule has 1 aliphatic carbocycles. The van der Waals surface area contributed by atoms with E-state index in [0.717, 1.165) is 11.7 Å². The molecule has 1 N–H and O–H groups in total. The second kappa shape index (κ2) is 3.97. The molecule has 1 aliphatic rings. The molecular weight excluding hydrogens is 210 g/mol. The van der Waals surface area contributed by atoms with Gasteiger partial charge in [0.2, 0.25) is 0 Å². The summed E-state index contributed by atoms with van der Waals surface area (Å²) in [7, 11) is 0. The summed E-state index contributed by atoms with van der Waals surface area (Å²) in [5, 5.41) is 3.91. The lowest BCUT2D eigenvalue weighted by molar-refractivity contribution is 0.188. The Morgan fingerprint density at radius 3 is 2.67 bits per heavy atom. The van der Waals surface area contributed by atoms with Gasteiger partial charge in [-0.25, -0.2) is 9.97 Å². The Bertz CT molecular complexity index is 347. The van der Waals surface area contributed by atoms with E-state index < -0.39 is 0 Å². The highest BCUT2D eigenvalue weighted by atomic mass is 35.5. The second-order valence-corrected chi connectivity index (χ2v) is 4.83. The van der Waals surface area contributed by atoms with E-state index >= 15 is 0 Å². The van der Waals surface area contributed by atoms with Crippen molar-refractivity contribution >= 4 is 17.4 Å². The van der Waals surface area contributed by atoms with Crippen molar-refractivity contribution in [1.29, 1.82) is 0 Å². The van der Waals surface area contributed by atoms with E-state index in [2.05, 4.69) is 29.1 Å². The standard InChI is InChI=1S/C11H16ClN3/c1-6-4-9(7(6)2)15-11-5-10(12)13-8(3)14-11/h5-7,9H,4H2,1-3H3,(H,13,14,15). The maximum absolute atomic E-state index is 5.87. The lowest BCUT2D eigenvalue weighted by atomic mass is 9.71. The summed E-state index contributed by atoms with van der Waals surface area (Å²) in [5.41, 5.74) is 0. The molecule has 0 saturated heterocycles. The number of anilines is 1. The van der Waals surface area contributed by atoms with Gasteiger partial charge in [0, 0.05) is 12.1 Å². The van der Waals surface area contributed by atoms with Crippen LogP contribution >= 0.6 is 11.6 Å². The third-order valence-electron chi connectivity index (χ3n) is 3.30. The molecule has 0 radical (unpaired) electrons. The molecule has 2 rings (SSSR count). The Morgan fingerprint density at radius 1 is 1.40 bits per heavy atom. The zero-order valence-electron chi connectivity index (χ0n) is 9.29. The first-order valence-corrected chi connectivity index (χ1v) is 5.72. The van der Waals surface area contributed by atoms with Crippen LogP contribution in [0, 0.1) is 18.8 Å². The number of halogens is 1. The fourth-order valence-electron chi connectivity index (χ4n) is 2.02. The summed E-state index contributed by atoms with van der Waals surface area (Å²) in [6.45, 7) is 6.40. The van der Waals surface area contributed by atoms with E-state index in [1.54, 1.807) is 6.07 Å². The highest BCUT2D eigenvalue weighted by Gasteiger charge is 2.34. The minimum absolute atomic E-state index is 0.505. The molecule has 1 aromatic heterocycles. The van der Waals surface area contributed by atoms with Gasteiger partial charge in [-0.3, -0.25) is 0 Å². The Kier molecular flexibility index (Phi) is 2.83. The van der Waals surface area contributed by atoms with Gasteiger partial charge in [0.15, 0.2) is 0 Å². The Morgan fingerprint density at radius 2 is 2.13 bits per heavy atom. The first-order chi connectivity index (χ1) is 7.06. The molecule has 0 amide bonds. The van der Waals surface area contributed by atoms with Gasteiger partial charge in [-0.1, -0.05) is 25.4 Å². The van der Waals surface area contributed by atoms with Crippen LogP contribution in [0.3, 0.4) is 0 Å². The number of hydrogen-bond acceptors (Lipinski definition) is 3. The second-order valence-electron chi connectivity index (χ2n) is 4.45. The molecule has 1 aromatic rings. The van der Waals surface area contributed by atoms with Crippen LogP contribution in [-0.4, -0.2) is 16.0 Å². The largest absolute Gasteiger partial charge is 0.367 e. The molecule has 3 atom stereocenters. The van der Waals surface area contributed by atoms with Crippen molar-refractivity contribution in [1.82, 2.24) is 9.97 Å². The Hall–Kier alpha value is -0.830. The van der Waals surface area contributed by atoms with E-state index in [1.807, 2.05) is 6.92 Å². The van der Waals surface area contributed by atoms with Crippen LogP contribution in [0.2, 0.25) is 5.15 Å². The highest BCUT2D eigenvalue weighted by molar-refractivity contribution is 6.29. The molecule has 0 aliphatic heterocycles. The smallest absolute Gasteiger partial charge is 0.134 e. The zero-order chi connectivity index (χ0) is 11.0. The number of hydrogen-bond donors (Lipinski definition) is 1. The van der Waals surface area contributed by atoms with Crippen molar-refractivity contribution < 1.29 is 0 Å². The number of nitrogens with one attached hydrogen (secondary N) is 1. The van der Waals surface area contributed by atoms with Crippen molar-refractivity contribution in [3.8, 4) is 0 Å². The van der Waals surface area contributed by atoms with E-state index in [0.29, 0.717) is 22.9 Å². The monoisotopic (exact) mass is 225 g/mol. The molecule has 82 valence electrons. The summed E-state index contributed by atoms with van der Waals surface area (Å²) in [6, 6.07) is 2.31. The fraction of sp³-hybridized carbons (Fsp3) is 0.636. The van der Waals surface area contributed by atoms with Gasteiger partial charge in [0.05, 0.1) is 0 Å². The van der Waals surface area contributed by atoms with Crippen LogP contribution < -0.4 is 5.32 Å². The predicted octanol–water partition coefficient (Wildman–Crippen LogP) is 2.89. The minimum atomic E-state index is 0.505. The van der Waals surface area contributed by atoms with E-state index in [4.69, 9.17) is 11.6 Å². The molecular formula is C11H16ClN3. The molecule has 1 saturated carbocycles. The Balaban J connectivity index is 2.05. The van der Waals surface area contributed by atoms with Crippen molar-refractivity contribution in [3.63, 3.8) is 0 Å². The predicted molar refractivity (Wildman–Crippen MR) is 62.1 cm³/mol. The molecule has 3 nitrogen and oxygen atoms in total. The fourth-order valence-corrected chi connectivity index (χ4v) is 2.24. The van der Waals surface area contributed by atoms with Crippen LogP contribution in [0.5, 0.6) is 0 Å². The first-order valence-electron chi connectivity index (χ1n) is 5.34. The van der Waals surface area contributed by atoms with Crippen molar-refractivity contribution in [2.75, 3.05) is 5.32 Å². The minimum Gasteiger partial charge on any atom is -0.367 e. The number of nitrogens with zero attached hydrogens (tertiary/aromatic N) is 2. The summed E-state index contributed by atoms with van der Waals surface area (Å²) in [4.78, 5) is 8.34. The molecule has 15 heavy (non-hydrogen) atoms. The number of aryl methyl sites for hydroxylation is 1. The molecule has 4 heteroatoms. The lowest BCUT2D eigenvalue weighted by Gasteiger charge is -2.41.